The van der Waals surface area contributed by atoms with Crippen LogP contribution in [0.1, 0.15) is 10.4 Å². The van der Waals surface area contributed by atoms with E-state index in [0.717, 1.165) is 6.20 Å². The lowest BCUT2D eigenvalue weighted by Gasteiger charge is -2.16. The van der Waals surface area contributed by atoms with Crippen LogP contribution < -0.4 is 4.74 Å². The van der Waals surface area contributed by atoms with Gasteiger partial charge in [0.05, 0.1) is 25.5 Å². The summed E-state index contributed by atoms with van der Waals surface area (Å²) in [6.45, 7) is 0.100. The minimum Gasteiger partial charge on any atom is -0.496 e. The van der Waals surface area contributed by atoms with Crippen molar-refractivity contribution in [2.75, 3.05) is 27.3 Å². The maximum atomic E-state index is 13.5. The highest BCUT2D eigenvalue weighted by Gasteiger charge is 2.19. The minimum atomic E-state index is -0.667. The number of benzene rings is 1. The van der Waals surface area contributed by atoms with Gasteiger partial charge in [-0.1, -0.05) is 11.6 Å². The van der Waals surface area contributed by atoms with Crippen molar-refractivity contribution < 1.29 is 23.4 Å². The Morgan fingerprint density at radius 2 is 2.19 bits per heavy atom. The van der Waals surface area contributed by atoms with E-state index in [0.29, 0.717) is 28.2 Å². The molecule has 0 bridgehead atoms. The third-order valence-corrected chi connectivity index (χ3v) is 4.29. The van der Waals surface area contributed by atoms with Gasteiger partial charge in [-0.25, -0.2) is 9.37 Å². The highest BCUT2D eigenvalue weighted by molar-refractivity contribution is 6.34. The number of ether oxygens (including phenoxy) is 1. The lowest BCUT2D eigenvalue weighted by atomic mass is 10.1. The molecule has 26 heavy (non-hydrogen) atoms. The van der Waals surface area contributed by atoms with Gasteiger partial charge in [-0.05, 0) is 18.2 Å². The molecule has 1 N–H and O–H groups in total. The van der Waals surface area contributed by atoms with Gasteiger partial charge in [-0.3, -0.25) is 4.79 Å². The smallest absolute Gasteiger partial charge is 0.253 e. The molecule has 3 rings (SSSR count). The number of halogens is 2. The Labute approximate surface area is 153 Å². The number of aromatic nitrogens is 1. The molecule has 0 fully saturated rings. The molecule has 2 heterocycles. The zero-order valence-corrected chi connectivity index (χ0v) is 14.9. The number of furan rings is 1. The largest absolute Gasteiger partial charge is 0.496 e. The first kappa shape index (κ1) is 18.2. The zero-order chi connectivity index (χ0) is 18.8. The summed E-state index contributed by atoms with van der Waals surface area (Å²) in [4.78, 5) is 17.7. The van der Waals surface area contributed by atoms with Crippen LogP contribution in [0.5, 0.6) is 5.75 Å². The van der Waals surface area contributed by atoms with Crippen molar-refractivity contribution in [2.24, 2.45) is 0 Å². The minimum absolute atomic E-state index is 0.124. The Balaban J connectivity index is 2.03. The Hall–Kier alpha value is -2.64. The standard InChI is InChI=1S/C18H16ClFN2O4/c1-22(5-6-23)18(24)10-3-4-11(14(7-10)25-2)15-8-13-17(26-15)16(19)12(20)9-21-13/h3-4,7-9,23H,5-6H2,1-2H3. The van der Waals surface area contributed by atoms with Gasteiger partial charge in [-0.15, -0.1) is 0 Å². The molecule has 6 nitrogen and oxygen atoms in total. The normalized spacial score (nSPS) is 11.0. The van der Waals surface area contributed by atoms with Gasteiger partial charge in [0.25, 0.3) is 5.91 Å². The van der Waals surface area contributed by atoms with Crippen LogP contribution in [0.25, 0.3) is 22.4 Å². The molecule has 1 aromatic carbocycles. The lowest BCUT2D eigenvalue weighted by Crippen LogP contribution is -2.29. The number of carbonyl (C=O) groups excluding carboxylic acids is 1. The van der Waals surface area contributed by atoms with Crippen molar-refractivity contribution in [2.45, 2.75) is 0 Å². The molecule has 2 aromatic heterocycles. The van der Waals surface area contributed by atoms with Crippen molar-refractivity contribution in [3.05, 3.63) is 46.9 Å². The van der Waals surface area contributed by atoms with Crippen molar-refractivity contribution >= 4 is 28.6 Å². The van der Waals surface area contributed by atoms with Gasteiger partial charge in [-0.2, -0.15) is 0 Å². The summed E-state index contributed by atoms with van der Waals surface area (Å²) in [5.41, 5.74) is 1.53. The molecule has 0 saturated carbocycles. The second-order valence-electron chi connectivity index (χ2n) is 5.61. The van der Waals surface area contributed by atoms with Crippen LogP contribution >= 0.6 is 11.6 Å². The number of amides is 1. The van der Waals surface area contributed by atoms with Gasteiger partial charge >= 0.3 is 0 Å². The lowest BCUT2D eigenvalue weighted by molar-refractivity contribution is 0.0766. The third kappa shape index (κ3) is 3.23. The van der Waals surface area contributed by atoms with E-state index >= 15 is 0 Å². The number of rotatable bonds is 5. The maximum Gasteiger partial charge on any atom is 0.253 e. The number of nitrogens with zero attached hydrogens (tertiary/aromatic N) is 2. The topological polar surface area (TPSA) is 75.8 Å². The van der Waals surface area contributed by atoms with E-state index in [-0.39, 0.29) is 29.7 Å². The van der Waals surface area contributed by atoms with Crippen molar-refractivity contribution in [3.63, 3.8) is 0 Å². The number of hydrogen-bond acceptors (Lipinski definition) is 5. The average molecular weight is 379 g/mol. The fourth-order valence-electron chi connectivity index (χ4n) is 2.56. The first-order valence-electron chi connectivity index (χ1n) is 7.74. The predicted molar refractivity (Wildman–Crippen MR) is 95.0 cm³/mol. The van der Waals surface area contributed by atoms with Gasteiger partial charge in [0.15, 0.2) is 11.4 Å². The summed E-state index contributed by atoms with van der Waals surface area (Å²) in [6, 6.07) is 6.49. The number of likely N-dealkylation sites (N-methyl/N-ethyl adjacent to an activating group) is 1. The summed E-state index contributed by atoms with van der Waals surface area (Å²) < 4.78 is 24.6. The number of fused-ring (bicyclic) bond motifs is 1. The van der Waals surface area contributed by atoms with Crippen LogP contribution in [-0.2, 0) is 0 Å². The monoisotopic (exact) mass is 378 g/mol. The Bertz CT molecular complexity index is 973. The van der Waals surface area contributed by atoms with E-state index in [2.05, 4.69) is 4.98 Å². The van der Waals surface area contributed by atoms with E-state index in [9.17, 15) is 9.18 Å². The molecule has 0 aliphatic rings. The van der Waals surface area contributed by atoms with Crippen LogP contribution in [0.4, 0.5) is 4.39 Å². The van der Waals surface area contributed by atoms with Crippen molar-refractivity contribution in [1.29, 1.82) is 0 Å². The molecule has 0 spiro atoms. The molecule has 0 aliphatic heterocycles. The molecule has 0 aliphatic carbocycles. The summed E-state index contributed by atoms with van der Waals surface area (Å²) >= 11 is 5.92. The Morgan fingerprint density at radius 1 is 1.42 bits per heavy atom. The van der Waals surface area contributed by atoms with Crippen LogP contribution in [0, 0.1) is 5.82 Å². The molecular weight excluding hydrogens is 363 g/mol. The molecule has 8 heteroatoms. The highest BCUT2D eigenvalue weighted by atomic mass is 35.5. The van der Waals surface area contributed by atoms with Crippen molar-refractivity contribution in [3.8, 4) is 17.1 Å². The van der Waals surface area contributed by atoms with Crippen LogP contribution in [0.15, 0.2) is 34.9 Å². The second-order valence-corrected chi connectivity index (χ2v) is 5.99. The quantitative estimate of drug-likeness (QED) is 0.736. The zero-order valence-electron chi connectivity index (χ0n) is 14.1. The number of aliphatic hydroxyl groups excluding tert-OH is 1. The molecule has 0 saturated heterocycles. The average Bonchev–Trinajstić information content (AvgIpc) is 3.08. The van der Waals surface area contributed by atoms with E-state index in [1.807, 2.05) is 0 Å². The first-order chi connectivity index (χ1) is 12.5. The summed E-state index contributed by atoms with van der Waals surface area (Å²) in [5.74, 6) is -0.122. The number of carbonyl (C=O) groups is 1. The molecule has 136 valence electrons. The summed E-state index contributed by atoms with van der Waals surface area (Å²) in [5, 5.41) is 8.82. The Morgan fingerprint density at radius 3 is 2.88 bits per heavy atom. The van der Waals surface area contributed by atoms with Crippen molar-refractivity contribution in [1.82, 2.24) is 9.88 Å². The van der Waals surface area contributed by atoms with E-state index < -0.39 is 5.82 Å². The molecule has 3 aromatic rings. The first-order valence-corrected chi connectivity index (χ1v) is 8.12. The molecule has 0 atom stereocenters. The predicted octanol–water partition coefficient (Wildman–Crippen LogP) is 3.36. The fraction of sp³-hybridized carbons (Fsp3) is 0.222. The van der Waals surface area contributed by atoms with Gasteiger partial charge in [0.1, 0.15) is 22.0 Å². The van der Waals surface area contributed by atoms with Crippen LogP contribution in [-0.4, -0.2) is 48.2 Å². The number of aliphatic hydroxyl groups is 1. The molecule has 0 radical (unpaired) electrons. The number of hydrogen-bond donors (Lipinski definition) is 1. The fourth-order valence-corrected chi connectivity index (χ4v) is 2.74. The van der Waals surface area contributed by atoms with Crippen LogP contribution in [0.3, 0.4) is 0 Å². The van der Waals surface area contributed by atoms with Gasteiger partial charge in [0.2, 0.25) is 0 Å². The Kier molecular flexibility index (Phi) is 5.11. The van der Waals surface area contributed by atoms with Gasteiger partial charge < -0.3 is 19.2 Å². The SMILES string of the molecule is COc1cc(C(=O)N(C)CCO)ccc1-c1cc2ncc(F)c(Cl)c2o1. The van der Waals surface area contributed by atoms with E-state index in [4.69, 9.17) is 25.9 Å². The highest BCUT2D eigenvalue weighted by Crippen LogP contribution is 2.36. The summed E-state index contributed by atoms with van der Waals surface area (Å²) in [7, 11) is 3.07. The number of methoxy groups -OCH3 is 1. The van der Waals surface area contributed by atoms with Gasteiger partial charge in [0, 0.05) is 25.2 Å². The second kappa shape index (κ2) is 7.31. The third-order valence-electron chi connectivity index (χ3n) is 3.93. The van der Waals surface area contributed by atoms with E-state index in [1.54, 1.807) is 31.3 Å². The van der Waals surface area contributed by atoms with E-state index in [1.165, 1.54) is 12.0 Å². The molecule has 1 amide bonds. The van der Waals surface area contributed by atoms with Crippen LogP contribution in [0.2, 0.25) is 5.02 Å². The molecule has 0 unspecified atom stereocenters. The number of pyridine rings is 1. The molecular formula is C18H16ClFN2O4. The summed E-state index contributed by atoms with van der Waals surface area (Å²) in [6.07, 6.45) is 1.03. The maximum absolute atomic E-state index is 13.5.